The number of sulfonamides is 1. The fraction of sp³-hybridized carbons (Fsp3) is 0.188. The second-order valence-electron chi connectivity index (χ2n) is 5.29. The molecule has 0 bridgehead atoms. The minimum atomic E-state index is -3.60. The van der Waals surface area contributed by atoms with Gasteiger partial charge in [-0.25, -0.2) is 8.42 Å². The predicted molar refractivity (Wildman–Crippen MR) is 80.8 cm³/mol. The first-order valence-corrected chi connectivity index (χ1v) is 8.15. The molecule has 0 aromatic heterocycles. The summed E-state index contributed by atoms with van der Waals surface area (Å²) in [5.74, 6) is 0.170. The molecule has 2 aromatic rings. The van der Waals surface area contributed by atoms with E-state index in [0.29, 0.717) is 18.5 Å². The van der Waals surface area contributed by atoms with E-state index in [1.165, 1.54) is 0 Å². The smallest absolute Gasteiger partial charge is 0.261 e. The van der Waals surface area contributed by atoms with Crippen molar-refractivity contribution in [3.05, 3.63) is 59.2 Å². The Bertz CT molecular complexity index is 808. The SMILES string of the molecule is Cc1ccc(S(=O)(=O)Nc2ccc3c(c2)CC(=O)C3)cc1. The zero-order chi connectivity index (χ0) is 15.0. The van der Waals surface area contributed by atoms with Gasteiger partial charge in [0.25, 0.3) is 10.0 Å². The Morgan fingerprint density at radius 3 is 2.33 bits per heavy atom. The summed E-state index contributed by atoms with van der Waals surface area (Å²) in [6.07, 6.45) is 0.829. The molecule has 0 aliphatic heterocycles. The summed E-state index contributed by atoms with van der Waals surface area (Å²) in [6.45, 7) is 1.90. The van der Waals surface area contributed by atoms with Crippen molar-refractivity contribution in [1.29, 1.82) is 0 Å². The summed E-state index contributed by atoms with van der Waals surface area (Å²) in [6, 6.07) is 11.9. The number of nitrogens with one attached hydrogen (secondary N) is 1. The summed E-state index contributed by atoms with van der Waals surface area (Å²) >= 11 is 0. The molecule has 1 aliphatic carbocycles. The first kappa shape index (κ1) is 13.8. The van der Waals surface area contributed by atoms with Gasteiger partial charge in [0.2, 0.25) is 0 Å². The Hall–Kier alpha value is -2.14. The van der Waals surface area contributed by atoms with Crippen molar-refractivity contribution >= 4 is 21.5 Å². The molecule has 0 saturated carbocycles. The second-order valence-corrected chi connectivity index (χ2v) is 6.98. The first-order chi connectivity index (χ1) is 9.94. The number of aryl methyl sites for hydroxylation is 1. The van der Waals surface area contributed by atoms with Gasteiger partial charge >= 0.3 is 0 Å². The molecule has 2 aromatic carbocycles. The van der Waals surface area contributed by atoms with E-state index >= 15 is 0 Å². The van der Waals surface area contributed by atoms with E-state index in [1.54, 1.807) is 36.4 Å². The molecule has 0 atom stereocenters. The third-order valence-electron chi connectivity index (χ3n) is 3.57. The number of carbonyl (C=O) groups excluding carboxylic acids is 1. The van der Waals surface area contributed by atoms with Crippen LogP contribution in [-0.2, 0) is 27.7 Å². The van der Waals surface area contributed by atoms with Crippen LogP contribution in [0.15, 0.2) is 47.4 Å². The number of fused-ring (bicyclic) bond motifs is 1. The van der Waals surface area contributed by atoms with Gasteiger partial charge in [-0.2, -0.15) is 0 Å². The van der Waals surface area contributed by atoms with E-state index in [9.17, 15) is 13.2 Å². The lowest BCUT2D eigenvalue weighted by Gasteiger charge is -2.09. The average Bonchev–Trinajstić information content (AvgIpc) is 2.78. The number of hydrogen-bond donors (Lipinski definition) is 1. The molecule has 108 valence electrons. The monoisotopic (exact) mass is 301 g/mol. The summed E-state index contributed by atoms with van der Waals surface area (Å²) in [7, 11) is -3.60. The van der Waals surface area contributed by atoms with Crippen molar-refractivity contribution in [3.8, 4) is 0 Å². The van der Waals surface area contributed by atoms with Crippen LogP contribution in [0.25, 0.3) is 0 Å². The number of ketones is 1. The van der Waals surface area contributed by atoms with Crippen LogP contribution in [0.4, 0.5) is 5.69 Å². The molecule has 0 amide bonds. The maximum atomic E-state index is 12.3. The van der Waals surface area contributed by atoms with E-state index < -0.39 is 10.0 Å². The van der Waals surface area contributed by atoms with Gasteiger partial charge in [0, 0.05) is 18.5 Å². The molecule has 0 saturated heterocycles. The van der Waals surface area contributed by atoms with Crippen molar-refractivity contribution in [2.75, 3.05) is 4.72 Å². The third kappa shape index (κ3) is 2.83. The number of rotatable bonds is 3. The summed E-state index contributed by atoms with van der Waals surface area (Å²) in [5, 5.41) is 0. The van der Waals surface area contributed by atoms with Crippen molar-refractivity contribution in [1.82, 2.24) is 0 Å². The Balaban J connectivity index is 1.88. The van der Waals surface area contributed by atoms with Crippen molar-refractivity contribution in [2.24, 2.45) is 0 Å². The number of carbonyl (C=O) groups is 1. The Labute approximate surface area is 123 Å². The Morgan fingerprint density at radius 2 is 1.62 bits per heavy atom. The van der Waals surface area contributed by atoms with Crippen LogP contribution in [0.5, 0.6) is 0 Å². The van der Waals surface area contributed by atoms with Crippen LogP contribution in [-0.4, -0.2) is 14.2 Å². The molecule has 0 radical (unpaired) electrons. The maximum Gasteiger partial charge on any atom is 0.261 e. The minimum Gasteiger partial charge on any atom is -0.299 e. The molecule has 3 rings (SSSR count). The fourth-order valence-corrected chi connectivity index (χ4v) is 3.49. The molecule has 4 nitrogen and oxygen atoms in total. The van der Waals surface area contributed by atoms with E-state index in [0.717, 1.165) is 16.7 Å². The van der Waals surface area contributed by atoms with Crippen molar-refractivity contribution in [3.63, 3.8) is 0 Å². The van der Waals surface area contributed by atoms with Gasteiger partial charge in [-0.1, -0.05) is 23.8 Å². The molecule has 1 N–H and O–H groups in total. The average molecular weight is 301 g/mol. The number of benzene rings is 2. The Kier molecular flexibility index (Phi) is 3.29. The lowest BCUT2D eigenvalue weighted by Crippen LogP contribution is -2.13. The van der Waals surface area contributed by atoms with Crippen LogP contribution >= 0.6 is 0 Å². The van der Waals surface area contributed by atoms with Crippen LogP contribution < -0.4 is 4.72 Å². The van der Waals surface area contributed by atoms with Gasteiger partial charge in [-0.15, -0.1) is 0 Å². The highest BCUT2D eigenvalue weighted by Gasteiger charge is 2.20. The van der Waals surface area contributed by atoms with E-state index in [4.69, 9.17) is 0 Å². The summed E-state index contributed by atoms with van der Waals surface area (Å²) < 4.78 is 27.2. The number of anilines is 1. The molecular formula is C16H15NO3S. The zero-order valence-corrected chi connectivity index (χ0v) is 12.4. The lowest BCUT2D eigenvalue weighted by atomic mass is 10.1. The summed E-state index contributed by atoms with van der Waals surface area (Å²) in [4.78, 5) is 11.6. The molecule has 0 fully saturated rings. The molecule has 5 heteroatoms. The Morgan fingerprint density at radius 1 is 0.952 bits per heavy atom. The fourth-order valence-electron chi connectivity index (χ4n) is 2.45. The van der Waals surface area contributed by atoms with Gasteiger partial charge in [-0.05, 0) is 42.3 Å². The molecule has 21 heavy (non-hydrogen) atoms. The summed E-state index contributed by atoms with van der Waals surface area (Å²) in [5.41, 5.74) is 3.39. The molecule has 0 spiro atoms. The molecule has 0 unspecified atom stereocenters. The van der Waals surface area contributed by atoms with E-state index in [2.05, 4.69) is 4.72 Å². The third-order valence-corrected chi connectivity index (χ3v) is 4.96. The first-order valence-electron chi connectivity index (χ1n) is 6.67. The van der Waals surface area contributed by atoms with Gasteiger partial charge in [0.15, 0.2) is 0 Å². The van der Waals surface area contributed by atoms with Gasteiger partial charge in [0.05, 0.1) is 4.90 Å². The highest BCUT2D eigenvalue weighted by molar-refractivity contribution is 7.92. The van der Waals surface area contributed by atoms with Crippen molar-refractivity contribution < 1.29 is 13.2 Å². The van der Waals surface area contributed by atoms with Crippen LogP contribution in [0.3, 0.4) is 0 Å². The number of hydrogen-bond acceptors (Lipinski definition) is 3. The lowest BCUT2D eigenvalue weighted by molar-refractivity contribution is -0.117. The molecular weight excluding hydrogens is 286 g/mol. The van der Waals surface area contributed by atoms with Crippen molar-refractivity contribution in [2.45, 2.75) is 24.7 Å². The van der Waals surface area contributed by atoms with Crippen LogP contribution in [0, 0.1) is 6.92 Å². The normalized spacial score (nSPS) is 14.0. The van der Waals surface area contributed by atoms with Gasteiger partial charge < -0.3 is 0 Å². The van der Waals surface area contributed by atoms with Gasteiger partial charge in [-0.3, -0.25) is 9.52 Å². The largest absolute Gasteiger partial charge is 0.299 e. The maximum absolute atomic E-state index is 12.3. The zero-order valence-electron chi connectivity index (χ0n) is 11.6. The molecule has 1 aliphatic rings. The van der Waals surface area contributed by atoms with Crippen LogP contribution in [0.2, 0.25) is 0 Å². The topological polar surface area (TPSA) is 63.2 Å². The minimum absolute atomic E-state index is 0.170. The molecule has 0 heterocycles. The highest BCUT2D eigenvalue weighted by Crippen LogP contribution is 2.25. The second kappa shape index (κ2) is 5.00. The van der Waals surface area contributed by atoms with E-state index in [1.807, 2.05) is 13.0 Å². The number of Topliss-reactive ketones (excluding diaryl/α,β-unsaturated/α-hetero) is 1. The van der Waals surface area contributed by atoms with E-state index in [-0.39, 0.29) is 10.7 Å². The highest BCUT2D eigenvalue weighted by atomic mass is 32.2. The predicted octanol–water partition coefficient (Wildman–Crippen LogP) is 2.46. The van der Waals surface area contributed by atoms with Crippen LogP contribution in [0.1, 0.15) is 16.7 Å². The van der Waals surface area contributed by atoms with Gasteiger partial charge in [0.1, 0.15) is 5.78 Å². The quantitative estimate of drug-likeness (QED) is 0.947. The standard InChI is InChI=1S/C16H15NO3S/c1-11-2-6-16(7-3-11)21(19,20)17-14-5-4-12-9-15(18)10-13(12)8-14/h2-8,17H,9-10H2,1H3.